The molecular weight excluding hydrogens is 474 g/mol. The molecule has 1 amide bonds. The predicted octanol–water partition coefficient (Wildman–Crippen LogP) is 2.70. The summed E-state index contributed by atoms with van der Waals surface area (Å²) in [6.45, 7) is 4.26. The van der Waals surface area contributed by atoms with E-state index in [9.17, 15) is 14.4 Å². The smallest absolute Gasteiger partial charge is 0.328 e. The van der Waals surface area contributed by atoms with Gasteiger partial charge in [0.1, 0.15) is 5.54 Å². The van der Waals surface area contributed by atoms with Crippen LogP contribution in [0.2, 0.25) is 0 Å². The molecule has 3 N–H and O–H groups in total. The van der Waals surface area contributed by atoms with E-state index in [2.05, 4.69) is 57.6 Å². The number of benzene rings is 2. The van der Waals surface area contributed by atoms with Crippen LogP contribution in [-0.2, 0) is 19.1 Å². The Balaban J connectivity index is 0.000000349. The normalized spacial score (nSPS) is 23.0. The minimum atomic E-state index is -1.26. The van der Waals surface area contributed by atoms with Gasteiger partial charge in [-0.05, 0) is 37.0 Å². The summed E-state index contributed by atoms with van der Waals surface area (Å²) in [4.78, 5) is 36.6. The van der Waals surface area contributed by atoms with Crippen molar-refractivity contribution >= 4 is 23.5 Å². The number of amides is 1. The summed E-state index contributed by atoms with van der Waals surface area (Å²) in [5.41, 5.74) is 2.11. The third kappa shape index (κ3) is 6.55. The molecule has 196 valence electrons. The summed E-state index contributed by atoms with van der Waals surface area (Å²) in [7, 11) is 0. The van der Waals surface area contributed by atoms with Crippen molar-refractivity contribution in [3.63, 3.8) is 0 Å². The quantitative estimate of drug-likeness (QED) is 0.511. The van der Waals surface area contributed by atoms with Gasteiger partial charge in [-0.3, -0.25) is 4.79 Å². The number of aliphatic carboxylic acids is 2. The second-order valence-electron chi connectivity index (χ2n) is 9.57. The van der Waals surface area contributed by atoms with Crippen LogP contribution in [0.4, 0.5) is 5.69 Å². The first-order chi connectivity index (χ1) is 17.9. The molecule has 0 radical (unpaired) electrons. The summed E-state index contributed by atoms with van der Waals surface area (Å²) in [6, 6.07) is 21.0. The lowest BCUT2D eigenvalue weighted by molar-refractivity contribution is -0.134. The highest BCUT2D eigenvalue weighted by molar-refractivity contribution is 5.93. The van der Waals surface area contributed by atoms with Crippen LogP contribution in [0.1, 0.15) is 30.7 Å². The molecule has 1 spiro atoms. The van der Waals surface area contributed by atoms with Crippen LogP contribution in [0.15, 0.2) is 72.8 Å². The van der Waals surface area contributed by atoms with E-state index >= 15 is 0 Å². The largest absolute Gasteiger partial charge is 0.478 e. The van der Waals surface area contributed by atoms with Crippen LogP contribution in [0.25, 0.3) is 0 Å². The van der Waals surface area contributed by atoms with Crippen molar-refractivity contribution in [1.29, 1.82) is 0 Å². The molecule has 2 aromatic carbocycles. The van der Waals surface area contributed by atoms with Gasteiger partial charge in [0.25, 0.3) is 0 Å². The van der Waals surface area contributed by atoms with Crippen molar-refractivity contribution in [3.8, 4) is 0 Å². The Morgan fingerprint density at radius 1 is 0.973 bits per heavy atom. The fourth-order valence-electron chi connectivity index (χ4n) is 5.36. The molecule has 2 unspecified atom stereocenters. The van der Waals surface area contributed by atoms with Gasteiger partial charge < -0.3 is 30.1 Å². The number of ether oxygens (including phenoxy) is 1. The van der Waals surface area contributed by atoms with Crippen LogP contribution >= 0.6 is 0 Å². The number of hydrogen-bond donors (Lipinski definition) is 3. The maximum absolute atomic E-state index is 12.8. The second-order valence-corrected chi connectivity index (χ2v) is 9.57. The lowest BCUT2D eigenvalue weighted by atomic mass is 9.85. The number of piperidine rings is 1. The van der Waals surface area contributed by atoms with E-state index in [4.69, 9.17) is 14.9 Å². The molecule has 5 rings (SSSR count). The highest BCUT2D eigenvalue weighted by Crippen LogP contribution is 2.37. The Kier molecular flexibility index (Phi) is 8.58. The average Bonchev–Trinajstić information content (AvgIpc) is 3.50. The number of nitrogens with zero attached hydrogens (tertiary/aromatic N) is 2. The van der Waals surface area contributed by atoms with E-state index in [0.717, 1.165) is 51.2 Å². The first-order valence-corrected chi connectivity index (χ1v) is 12.5. The number of nitrogens with one attached hydrogen (secondary N) is 1. The van der Waals surface area contributed by atoms with E-state index in [-0.39, 0.29) is 12.0 Å². The molecule has 3 saturated heterocycles. The first kappa shape index (κ1) is 26.4. The third-order valence-corrected chi connectivity index (χ3v) is 7.27. The van der Waals surface area contributed by atoms with Crippen LogP contribution in [0.5, 0.6) is 0 Å². The van der Waals surface area contributed by atoms with Gasteiger partial charge in [0.15, 0.2) is 0 Å². The maximum atomic E-state index is 12.8. The van der Waals surface area contributed by atoms with Crippen LogP contribution in [0, 0.1) is 0 Å². The zero-order chi connectivity index (χ0) is 26.3. The third-order valence-electron chi connectivity index (χ3n) is 7.27. The zero-order valence-corrected chi connectivity index (χ0v) is 20.7. The molecule has 9 nitrogen and oxygen atoms in total. The number of carboxylic acid groups (broad SMARTS) is 2. The average molecular weight is 508 g/mol. The summed E-state index contributed by atoms with van der Waals surface area (Å²) < 4.78 is 6.12. The highest BCUT2D eigenvalue weighted by Gasteiger charge is 2.50. The van der Waals surface area contributed by atoms with Crippen LogP contribution < -0.4 is 10.2 Å². The van der Waals surface area contributed by atoms with E-state index in [0.29, 0.717) is 24.7 Å². The van der Waals surface area contributed by atoms with Crippen LogP contribution in [-0.4, -0.2) is 77.5 Å². The number of carboxylic acids is 2. The molecule has 2 aromatic rings. The minimum Gasteiger partial charge on any atom is -0.478 e. The summed E-state index contributed by atoms with van der Waals surface area (Å²) in [6.07, 6.45) is 4.22. The van der Waals surface area contributed by atoms with Gasteiger partial charge in [-0.25, -0.2) is 9.59 Å². The maximum Gasteiger partial charge on any atom is 0.328 e. The van der Waals surface area contributed by atoms with E-state index in [1.165, 1.54) is 5.56 Å². The van der Waals surface area contributed by atoms with Gasteiger partial charge in [0.2, 0.25) is 5.91 Å². The van der Waals surface area contributed by atoms with Crippen molar-refractivity contribution < 1.29 is 29.3 Å². The van der Waals surface area contributed by atoms with Gasteiger partial charge in [0.05, 0.1) is 19.4 Å². The summed E-state index contributed by atoms with van der Waals surface area (Å²) in [5.74, 6) is -1.83. The summed E-state index contributed by atoms with van der Waals surface area (Å²) >= 11 is 0. The summed E-state index contributed by atoms with van der Waals surface area (Å²) in [5, 5.41) is 18.7. The Labute approximate surface area is 216 Å². The van der Waals surface area contributed by atoms with E-state index < -0.39 is 17.5 Å². The van der Waals surface area contributed by atoms with Gasteiger partial charge in [-0.1, -0.05) is 48.5 Å². The van der Waals surface area contributed by atoms with Gasteiger partial charge in [-0.15, -0.1) is 0 Å². The van der Waals surface area contributed by atoms with Crippen molar-refractivity contribution in [1.82, 2.24) is 10.2 Å². The molecule has 9 heteroatoms. The van der Waals surface area contributed by atoms with Crippen molar-refractivity contribution in [3.05, 3.63) is 78.4 Å². The SMILES string of the molecule is O=C(O)/C=C\C(=O)O.O=C1NCN(c2ccccc2)C12CCN(CC1CC(c3ccccc3)CO1)CC2. The minimum absolute atomic E-state index is 0.183. The number of rotatable bonds is 6. The van der Waals surface area contributed by atoms with Crippen LogP contribution in [0.3, 0.4) is 0 Å². The number of hydrogen-bond acceptors (Lipinski definition) is 6. The lowest BCUT2D eigenvalue weighted by Gasteiger charge is -2.43. The molecule has 2 atom stereocenters. The van der Waals surface area contributed by atoms with Crippen molar-refractivity contribution in [2.24, 2.45) is 0 Å². The van der Waals surface area contributed by atoms with Crippen molar-refractivity contribution in [2.45, 2.75) is 36.8 Å². The topological polar surface area (TPSA) is 119 Å². The Bertz CT molecular complexity index is 1080. The molecule has 3 fully saturated rings. The molecule has 3 heterocycles. The molecule has 0 aromatic heterocycles. The Morgan fingerprint density at radius 2 is 1.57 bits per heavy atom. The second kappa shape index (κ2) is 12.0. The molecule has 3 aliphatic heterocycles. The Morgan fingerprint density at radius 3 is 2.16 bits per heavy atom. The molecule has 0 aliphatic carbocycles. The monoisotopic (exact) mass is 507 g/mol. The predicted molar refractivity (Wildman–Crippen MR) is 138 cm³/mol. The zero-order valence-electron chi connectivity index (χ0n) is 20.7. The highest BCUT2D eigenvalue weighted by atomic mass is 16.5. The Hall–Kier alpha value is -3.69. The fraction of sp³-hybridized carbons (Fsp3) is 0.393. The molecule has 37 heavy (non-hydrogen) atoms. The number of carbonyl (C=O) groups is 3. The number of carbonyl (C=O) groups excluding carboxylic acids is 1. The van der Waals surface area contributed by atoms with E-state index in [1.807, 2.05) is 18.2 Å². The molecular formula is C28H33N3O6. The van der Waals surface area contributed by atoms with E-state index in [1.54, 1.807) is 0 Å². The number of likely N-dealkylation sites (tertiary alicyclic amines) is 1. The molecule has 0 saturated carbocycles. The first-order valence-electron chi connectivity index (χ1n) is 12.5. The number of anilines is 1. The fourth-order valence-corrected chi connectivity index (χ4v) is 5.36. The number of para-hydroxylation sites is 1. The van der Waals surface area contributed by atoms with Gasteiger partial charge in [-0.2, -0.15) is 0 Å². The van der Waals surface area contributed by atoms with Gasteiger partial charge >= 0.3 is 11.9 Å². The molecule has 3 aliphatic rings. The standard InChI is InChI=1S/C24H29N3O2.C4H4O4/c28-23-24(27(18-25-23)21-9-5-2-6-10-21)11-13-26(14-12-24)16-22-15-20(17-29-22)19-7-3-1-4-8-19;5-3(6)1-2-4(7)8/h1-10,20,22H,11-18H2,(H,25,28);1-2H,(H,5,6)(H,7,8)/b;2-1-. The molecule has 0 bridgehead atoms. The lowest BCUT2D eigenvalue weighted by Crippen LogP contribution is -2.57. The van der Waals surface area contributed by atoms with Gasteiger partial charge in [0, 0.05) is 43.4 Å². The van der Waals surface area contributed by atoms with Crippen molar-refractivity contribution in [2.75, 3.05) is 37.8 Å².